The molecule has 2 aromatic rings. The number of amides is 1. The zero-order valence-electron chi connectivity index (χ0n) is 11.4. The fraction of sp³-hybridized carbons (Fsp3) is 0.0625. The van der Waals surface area contributed by atoms with Crippen LogP contribution in [0.1, 0.15) is 11.1 Å². The van der Waals surface area contributed by atoms with E-state index in [2.05, 4.69) is 10.1 Å². The molecule has 7 heteroatoms. The Morgan fingerprint density at radius 3 is 2.65 bits per heavy atom. The Morgan fingerprint density at radius 2 is 1.91 bits per heavy atom. The minimum atomic E-state index is -4.76. The normalized spacial score (nSPS) is 15.5. The van der Waals surface area contributed by atoms with Gasteiger partial charge in [0.1, 0.15) is 5.75 Å². The van der Waals surface area contributed by atoms with Crippen molar-refractivity contribution in [3.63, 3.8) is 0 Å². The number of ether oxygens (including phenoxy) is 1. The van der Waals surface area contributed by atoms with Crippen molar-refractivity contribution in [3.8, 4) is 5.75 Å². The van der Waals surface area contributed by atoms with E-state index in [0.29, 0.717) is 27.4 Å². The summed E-state index contributed by atoms with van der Waals surface area (Å²) < 4.78 is 40.7. The third kappa shape index (κ3) is 3.48. The highest BCUT2D eigenvalue weighted by Crippen LogP contribution is 2.35. The molecule has 23 heavy (non-hydrogen) atoms. The van der Waals surface area contributed by atoms with E-state index < -0.39 is 6.36 Å². The lowest BCUT2D eigenvalue weighted by molar-refractivity contribution is -0.274. The van der Waals surface area contributed by atoms with Gasteiger partial charge < -0.3 is 10.1 Å². The average Bonchev–Trinajstić information content (AvgIpc) is 2.73. The molecular weight excluding hydrogens is 331 g/mol. The number of benzene rings is 2. The van der Waals surface area contributed by atoms with E-state index in [0.717, 1.165) is 0 Å². The number of alkyl halides is 3. The largest absolute Gasteiger partial charge is 0.573 e. The van der Waals surface area contributed by atoms with Crippen molar-refractivity contribution < 1.29 is 22.7 Å². The molecule has 0 unspecified atom stereocenters. The predicted octanol–water partition coefficient (Wildman–Crippen LogP) is 4.73. The number of nitrogens with one attached hydrogen (secondary N) is 1. The van der Waals surface area contributed by atoms with Gasteiger partial charge >= 0.3 is 6.36 Å². The number of carbonyl (C=O) groups excluding carboxylic acids is 1. The molecule has 1 N–H and O–H groups in total. The van der Waals surface area contributed by atoms with Crippen LogP contribution in [0.5, 0.6) is 5.75 Å². The molecule has 2 aromatic carbocycles. The smallest absolute Gasteiger partial charge is 0.406 e. The van der Waals surface area contributed by atoms with Crippen molar-refractivity contribution >= 4 is 34.8 Å². The number of anilines is 1. The van der Waals surface area contributed by atoms with Crippen LogP contribution in [-0.4, -0.2) is 12.3 Å². The molecule has 0 aromatic heterocycles. The Kier molecular flexibility index (Phi) is 3.77. The van der Waals surface area contributed by atoms with Gasteiger partial charge in [0.2, 0.25) is 0 Å². The van der Waals surface area contributed by atoms with Gasteiger partial charge in [0.15, 0.2) is 0 Å². The maximum absolute atomic E-state index is 12.3. The van der Waals surface area contributed by atoms with Gasteiger partial charge in [-0.3, -0.25) is 4.79 Å². The number of fused-ring (bicyclic) bond motifs is 1. The van der Waals surface area contributed by atoms with Crippen molar-refractivity contribution in [1.82, 2.24) is 0 Å². The van der Waals surface area contributed by atoms with Gasteiger partial charge in [-0.1, -0.05) is 29.8 Å². The topological polar surface area (TPSA) is 38.3 Å². The van der Waals surface area contributed by atoms with E-state index in [1.54, 1.807) is 24.3 Å². The summed E-state index contributed by atoms with van der Waals surface area (Å²) in [5.74, 6) is -0.689. The maximum Gasteiger partial charge on any atom is 0.573 e. The molecule has 1 amide bonds. The van der Waals surface area contributed by atoms with Crippen molar-refractivity contribution in [1.29, 1.82) is 0 Å². The average molecular weight is 340 g/mol. The summed E-state index contributed by atoms with van der Waals surface area (Å²) in [5, 5.41) is 3.14. The van der Waals surface area contributed by atoms with Crippen molar-refractivity contribution in [3.05, 3.63) is 58.6 Å². The standard InChI is InChI=1S/C16H9ClF3NO2/c17-10-4-5-12-13(15(22)21-14(12)8-10)7-9-2-1-3-11(6-9)23-16(18,19)20/h1-8H,(H,21,22). The highest BCUT2D eigenvalue weighted by molar-refractivity contribution is 6.36. The molecule has 1 heterocycles. The lowest BCUT2D eigenvalue weighted by atomic mass is 10.0. The number of halogens is 4. The van der Waals surface area contributed by atoms with Crippen LogP contribution in [0.2, 0.25) is 5.02 Å². The summed E-state index contributed by atoms with van der Waals surface area (Å²) in [7, 11) is 0. The van der Waals surface area contributed by atoms with Gasteiger partial charge in [0, 0.05) is 16.2 Å². The van der Waals surface area contributed by atoms with E-state index in [9.17, 15) is 18.0 Å². The van der Waals surface area contributed by atoms with Crippen LogP contribution >= 0.6 is 11.6 Å². The van der Waals surface area contributed by atoms with E-state index in [1.165, 1.54) is 24.3 Å². The van der Waals surface area contributed by atoms with Gasteiger partial charge in [0.25, 0.3) is 5.91 Å². The van der Waals surface area contributed by atoms with E-state index in [-0.39, 0.29) is 11.7 Å². The van der Waals surface area contributed by atoms with Crippen LogP contribution in [0.15, 0.2) is 42.5 Å². The zero-order valence-corrected chi connectivity index (χ0v) is 12.2. The third-order valence-corrected chi connectivity index (χ3v) is 3.40. The highest BCUT2D eigenvalue weighted by Gasteiger charge is 2.31. The molecule has 118 valence electrons. The third-order valence-electron chi connectivity index (χ3n) is 3.17. The first-order valence-electron chi connectivity index (χ1n) is 6.51. The molecule has 0 radical (unpaired) electrons. The molecule has 1 aliphatic heterocycles. The molecular formula is C16H9ClF3NO2. The molecule has 0 saturated carbocycles. The van der Waals surface area contributed by atoms with Gasteiger partial charge in [0.05, 0.1) is 5.69 Å². The number of hydrogen-bond acceptors (Lipinski definition) is 2. The molecule has 0 bridgehead atoms. The van der Waals surface area contributed by atoms with Crippen LogP contribution in [0, 0.1) is 0 Å². The van der Waals surface area contributed by atoms with Crippen molar-refractivity contribution in [2.45, 2.75) is 6.36 Å². The minimum Gasteiger partial charge on any atom is -0.406 e. The SMILES string of the molecule is O=C1Nc2cc(Cl)ccc2C1=Cc1cccc(OC(F)(F)F)c1. The lowest BCUT2D eigenvalue weighted by Gasteiger charge is -2.09. The number of rotatable bonds is 2. The van der Waals surface area contributed by atoms with Crippen LogP contribution in [0.3, 0.4) is 0 Å². The van der Waals surface area contributed by atoms with Crippen LogP contribution in [0.4, 0.5) is 18.9 Å². The highest BCUT2D eigenvalue weighted by atomic mass is 35.5. The van der Waals surface area contributed by atoms with E-state index in [1.807, 2.05) is 0 Å². The van der Waals surface area contributed by atoms with Gasteiger partial charge in [-0.05, 0) is 35.9 Å². The number of hydrogen-bond donors (Lipinski definition) is 1. The number of carbonyl (C=O) groups is 1. The first kappa shape index (κ1) is 15.4. The first-order valence-corrected chi connectivity index (χ1v) is 6.88. The Morgan fingerprint density at radius 1 is 1.13 bits per heavy atom. The maximum atomic E-state index is 12.3. The predicted molar refractivity (Wildman–Crippen MR) is 81.1 cm³/mol. The fourth-order valence-electron chi connectivity index (χ4n) is 2.28. The second-order valence-corrected chi connectivity index (χ2v) is 5.26. The van der Waals surface area contributed by atoms with Crippen LogP contribution in [0.25, 0.3) is 11.6 Å². The summed E-state index contributed by atoms with van der Waals surface area (Å²) in [4.78, 5) is 12.0. The monoisotopic (exact) mass is 339 g/mol. The molecule has 0 spiro atoms. The molecule has 1 aliphatic rings. The van der Waals surface area contributed by atoms with Crippen LogP contribution < -0.4 is 10.1 Å². The minimum absolute atomic E-state index is 0.343. The van der Waals surface area contributed by atoms with E-state index in [4.69, 9.17) is 11.6 Å². The molecule has 3 rings (SSSR count). The summed E-state index contributed by atoms with van der Waals surface area (Å²) in [6.45, 7) is 0. The summed E-state index contributed by atoms with van der Waals surface area (Å²) >= 11 is 5.87. The quantitative estimate of drug-likeness (QED) is 0.803. The zero-order chi connectivity index (χ0) is 16.6. The van der Waals surface area contributed by atoms with Crippen LogP contribution in [-0.2, 0) is 4.79 Å². The van der Waals surface area contributed by atoms with Crippen molar-refractivity contribution in [2.24, 2.45) is 0 Å². The Labute approximate surface area is 134 Å². The second-order valence-electron chi connectivity index (χ2n) is 4.82. The molecule has 0 saturated heterocycles. The Bertz CT molecular complexity index is 815. The molecule has 3 nitrogen and oxygen atoms in total. The fourth-order valence-corrected chi connectivity index (χ4v) is 2.45. The van der Waals surface area contributed by atoms with Gasteiger partial charge in [-0.25, -0.2) is 0 Å². The first-order chi connectivity index (χ1) is 10.8. The molecule has 0 atom stereocenters. The summed E-state index contributed by atoms with van der Waals surface area (Å²) in [6.07, 6.45) is -3.27. The van der Waals surface area contributed by atoms with Crippen molar-refractivity contribution in [2.75, 3.05) is 5.32 Å². The summed E-state index contributed by atoms with van der Waals surface area (Å²) in [6, 6.07) is 10.3. The lowest BCUT2D eigenvalue weighted by Crippen LogP contribution is -2.17. The Balaban J connectivity index is 1.97. The molecule has 0 aliphatic carbocycles. The second kappa shape index (κ2) is 5.62. The van der Waals surface area contributed by atoms with Gasteiger partial charge in [-0.15, -0.1) is 13.2 Å². The van der Waals surface area contributed by atoms with Gasteiger partial charge in [-0.2, -0.15) is 0 Å². The Hall–Kier alpha value is -2.47. The molecule has 0 fully saturated rings. The van der Waals surface area contributed by atoms with E-state index >= 15 is 0 Å². The summed E-state index contributed by atoms with van der Waals surface area (Å²) in [5.41, 5.74) is 1.97.